The van der Waals surface area contributed by atoms with Crippen LogP contribution in [0.4, 0.5) is 0 Å². The normalized spacial score (nSPS) is 16.0. The van der Waals surface area contributed by atoms with Crippen molar-refractivity contribution in [2.45, 2.75) is 26.7 Å². The van der Waals surface area contributed by atoms with E-state index in [4.69, 9.17) is 4.74 Å². The first-order chi connectivity index (χ1) is 9.54. The van der Waals surface area contributed by atoms with Gasteiger partial charge in [-0.25, -0.2) is 0 Å². The molecule has 1 amide bonds. The zero-order valence-corrected chi connectivity index (χ0v) is 12.2. The third-order valence-electron chi connectivity index (χ3n) is 3.62. The quantitative estimate of drug-likeness (QED) is 0.803. The van der Waals surface area contributed by atoms with Gasteiger partial charge < -0.3 is 15.2 Å². The average Bonchev–Trinajstić information content (AvgIpc) is 3.24. The Kier molecular flexibility index (Phi) is 4.65. The standard InChI is InChI=1S/C16H23NO3/c1-12(2)9-20-14-5-3-13(4-6-14)15(19)17-10-16(11-18)7-8-16/h3-6,12,18H,7-11H2,1-2H3,(H,17,19). The summed E-state index contributed by atoms with van der Waals surface area (Å²) in [4.78, 5) is 12.0. The molecule has 0 saturated heterocycles. The number of nitrogens with one attached hydrogen (secondary N) is 1. The van der Waals surface area contributed by atoms with Crippen molar-refractivity contribution in [3.8, 4) is 5.75 Å². The van der Waals surface area contributed by atoms with Gasteiger partial charge in [0.1, 0.15) is 5.75 Å². The van der Waals surface area contributed by atoms with Crippen molar-refractivity contribution >= 4 is 5.91 Å². The van der Waals surface area contributed by atoms with Crippen LogP contribution in [-0.2, 0) is 0 Å². The molecule has 1 aromatic carbocycles. The largest absolute Gasteiger partial charge is 0.493 e. The highest BCUT2D eigenvalue weighted by atomic mass is 16.5. The molecule has 2 N–H and O–H groups in total. The van der Waals surface area contributed by atoms with Gasteiger partial charge in [0.15, 0.2) is 0 Å². The molecule has 0 heterocycles. The SMILES string of the molecule is CC(C)COc1ccc(C(=O)NCC2(CO)CC2)cc1. The molecule has 4 heteroatoms. The summed E-state index contributed by atoms with van der Waals surface area (Å²) in [6.07, 6.45) is 1.98. The van der Waals surface area contributed by atoms with Gasteiger partial charge in [-0.1, -0.05) is 13.8 Å². The Bertz CT molecular complexity index is 449. The molecule has 0 unspecified atom stereocenters. The molecule has 110 valence electrons. The van der Waals surface area contributed by atoms with Crippen molar-refractivity contribution < 1.29 is 14.6 Å². The monoisotopic (exact) mass is 277 g/mol. The second-order valence-corrected chi connectivity index (χ2v) is 6.07. The lowest BCUT2D eigenvalue weighted by atomic mass is 10.1. The maximum Gasteiger partial charge on any atom is 0.251 e. The molecule has 0 spiro atoms. The smallest absolute Gasteiger partial charge is 0.251 e. The van der Waals surface area contributed by atoms with E-state index in [1.807, 2.05) is 12.1 Å². The van der Waals surface area contributed by atoms with Crippen LogP contribution in [0.2, 0.25) is 0 Å². The molecule has 0 bridgehead atoms. The molecule has 0 atom stereocenters. The molecule has 1 aliphatic carbocycles. The van der Waals surface area contributed by atoms with Gasteiger partial charge >= 0.3 is 0 Å². The van der Waals surface area contributed by atoms with Crippen LogP contribution in [-0.4, -0.2) is 30.8 Å². The van der Waals surface area contributed by atoms with Gasteiger partial charge in [-0.3, -0.25) is 4.79 Å². The third kappa shape index (κ3) is 3.97. The zero-order valence-electron chi connectivity index (χ0n) is 12.2. The fraction of sp³-hybridized carbons (Fsp3) is 0.562. The molecule has 1 aromatic rings. The van der Waals surface area contributed by atoms with Crippen LogP contribution in [0.25, 0.3) is 0 Å². The minimum absolute atomic E-state index is 0.0595. The van der Waals surface area contributed by atoms with E-state index in [0.29, 0.717) is 24.6 Å². The number of hydrogen-bond acceptors (Lipinski definition) is 3. The Morgan fingerprint density at radius 2 is 2.00 bits per heavy atom. The van der Waals surface area contributed by atoms with Crippen LogP contribution in [0.5, 0.6) is 5.75 Å². The summed E-state index contributed by atoms with van der Waals surface area (Å²) in [6, 6.07) is 7.17. The minimum Gasteiger partial charge on any atom is -0.493 e. The van der Waals surface area contributed by atoms with E-state index in [2.05, 4.69) is 19.2 Å². The highest BCUT2D eigenvalue weighted by Crippen LogP contribution is 2.44. The summed E-state index contributed by atoms with van der Waals surface area (Å²) in [5, 5.41) is 12.1. The summed E-state index contributed by atoms with van der Waals surface area (Å²) in [7, 11) is 0. The molecule has 0 radical (unpaired) electrons. The first-order valence-electron chi connectivity index (χ1n) is 7.17. The summed E-state index contributed by atoms with van der Waals surface area (Å²) >= 11 is 0. The number of carbonyl (C=O) groups excluding carboxylic acids is 1. The lowest BCUT2D eigenvalue weighted by Gasteiger charge is -2.13. The predicted molar refractivity (Wildman–Crippen MR) is 77.9 cm³/mol. The lowest BCUT2D eigenvalue weighted by molar-refractivity contribution is 0.0935. The van der Waals surface area contributed by atoms with Crippen LogP contribution in [0.3, 0.4) is 0 Å². The van der Waals surface area contributed by atoms with E-state index >= 15 is 0 Å². The zero-order chi connectivity index (χ0) is 14.6. The number of ether oxygens (including phenoxy) is 1. The molecular formula is C16H23NO3. The molecular weight excluding hydrogens is 254 g/mol. The van der Waals surface area contributed by atoms with E-state index in [1.165, 1.54) is 0 Å². The Hall–Kier alpha value is -1.55. The van der Waals surface area contributed by atoms with Crippen molar-refractivity contribution in [3.05, 3.63) is 29.8 Å². The summed E-state index contributed by atoms with van der Waals surface area (Å²) in [5.74, 6) is 1.16. The summed E-state index contributed by atoms with van der Waals surface area (Å²) in [6.45, 7) is 5.56. The van der Waals surface area contributed by atoms with Gasteiger partial charge in [-0.2, -0.15) is 0 Å². The number of carbonyl (C=O) groups is 1. The molecule has 2 rings (SSSR count). The molecule has 0 aromatic heterocycles. The number of hydrogen-bond donors (Lipinski definition) is 2. The molecule has 4 nitrogen and oxygen atoms in total. The van der Waals surface area contributed by atoms with Crippen molar-refractivity contribution in [2.24, 2.45) is 11.3 Å². The number of rotatable bonds is 7. The van der Waals surface area contributed by atoms with E-state index in [0.717, 1.165) is 18.6 Å². The highest BCUT2D eigenvalue weighted by Gasteiger charge is 2.42. The molecule has 1 fully saturated rings. The second kappa shape index (κ2) is 6.27. The van der Waals surface area contributed by atoms with Gasteiger partial charge in [0.05, 0.1) is 13.2 Å². The van der Waals surface area contributed by atoms with Crippen LogP contribution >= 0.6 is 0 Å². The average molecular weight is 277 g/mol. The minimum atomic E-state index is -0.0971. The van der Waals surface area contributed by atoms with Gasteiger partial charge in [-0.15, -0.1) is 0 Å². The third-order valence-corrected chi connectivity index (χ3v) is 3.62. The van der Waals surface area contributed by atoms with Crippen LogP contribution in [0.1, 0.15) is 37.0 Å². The van der Waals surface area contributed by atoms with Crippen LogP contribution in [0.15, 0.2) is 24.3 Å². The van der Waals surface area contributed by atoms with Crippen molar-refractivity contribution in [2.75, 3.05) is 19.8 Å². The predicted octanol–water partition coefficient (Wildman–Crippen LogP) is 2.22. The first kappa shape index (κ1) is 14.9. The van der Waals surface area contributed by atoms with Gasteiger partial charge in [0.25, 0.3) is 5.91 Å². The summed E-state index contributed by atoms with van der Waals surface area (Å²) < 4.78 is 5.58. The number of benzene rings is 1. The first-order valence-corrected chi connectivity index (χ1v) is 7.17. The van der Waals surface area contributed by atoms with Gasteiger partial charge in [0, 0.05) is 17.5 Å². The topological polar surface area (TPSA) is 58.6 Å². The Balaban J connectivity index is 1.84. The van der Waals surface area contributed by atoms with Crippen LogP contribution < -0.4 is 10.1 Å². The number of aliphatic hydroxyl groups excluding tert-OH is 1. The van der Waals surface area contributed by atoms with E-state index < -0.39 is 0 Å². The molecule has 20 heavy (non-hydrogen) atoms. The van der Waals surface area contributed by atoms with E-state index in [1.54, 1.807) is 12.1 Å². The lowest BCUT2D eigenvalue weighted by Crippen LogP contribution is -2.31. The fourth-order valence-electron chi connectivity index (χ4n) is 1.90. The maximum absolute atomic E-state index is 12.0. The van der Waals surface area contributed by atoms with E-state index in [9.17, 15) is 9.90 Å². The highest BCUT2D eigenvalue weighted by molar-refractivity contribution is 5.94. The maximum atomic E-state index is 12.0. The Morgan fingerprint density at radius 1 is 1.35 bits per heavy atom. The number of amides is 1. The molecule has 0 aliphatic heterocycles. The Labute approximate surface area is 120 Å². The van der Waals surface area contributed by atoms with Gasteiger partial charge in [0.2, 0.25) is 0 Å². The van der Waals surface area contributed by atoms with Crippen molar-refractivity contribution in [1.82, 2.24) is 5.32 Å². The van der Waals surface area contributed by atoms with Crippen LogP contribution in [0, 0.1) is 11.3 Å². The summed E-state index contributed by atoms with van der Waals surface area (Å²) in [5.41, 5.74) is 0.561. The van der Waals surface area contributed by atoms with Crippen molar-refractivity contribution in [1.29, 1.82) is 0 Å². The fourth-order valence-corrected chi connectivity index (χ4v) is 1.90. The van der Waals surface area contributed by atoms with Gasteiger partial charge in [-0.05, 0) is 43.0 Å². The van der Waals surface area contributed by atoms with E-state index in [-0.39, 0.29) is 17.9 Å². The van der Waals surface area contributed by atoms with Crippen molar-refractivity contribution in [3.63, 3.8) is 0 Å². The Morgan fingerprint density at radius 3 is 2.50 bits per heavy atom. The second-order valence-electron chi connectivity index (χ2n) is 6.07. The number of aliphatic hydroxyl groups is 1. The molecule has 1 saturated carbocycles. The molecule has 1 aliphatic rings.